The number of benzene rings is 1. The van der Waals surface area contributed by atoms with E-state index in [2.05, 4.69) is 5.32 Å². The maximum Gasteiger partial charge on any atom is 0.329 e. The number of nitrogens with one attached hydrogen (secondary N) is 1. The van der Waals surface area contributed by atoms with Crippen LogP contribution in [0.5, 0.6) is 0 Å². The minimum Gasteiger partial charge on any atom is -0.480 e. The lowest BCUT2D eigenvalue weighted by molar-refractivity contribution is -0.384. The minimum absolute atomic E-state index is 0.0240. The van der Waals surface area contributed by atoms with E-state index < -0.39 is 16.4 Å². The van der Waals surface area contributed by atoms with Gasteiger partial charge in [-0.05, 0) is 25.5 Å². The van der Waals surface area contributed by atoms with E-state index in [1.807, 2.05) is 0 Å². The molecule has 0 aliphatic rings. The van der Waals surface area contributed by atoms with Gasteiger partial charge in [0.05, 0.1) is 4.92 Å². The zero-order valence-corrected chi connectivity index (χ0v) is 9.64. The Balaban J connectivity index is 2.88. The Hall–Kier alpha value is -2.11. The summed E-state index contributed by atoms with van der Waals surface area (Å²) in [5, 5.41) is 22.4. The van der Waals surface area contributed by atoms with Gasteiger partial charge in [-0.3, -0.25) is 10.1 Å². The molecule has 17 heavy (non-hydrogen) atoms. The van der Waals surface area contributed by atoms with E-state index in [1.165, 1.54) is 24.3 Å². The average molecular weight is 238 g/mol. The molecule has 1 aromatic rings. The summed E-state index contributed by atoms with van der Waals surface area (Å²) in [6.07, 6.45) is 0.402. The Bertz CT molecular complexity index is 430. The number of aliphatic carboxylic acids is 1. The topological polar surface area (TPSA) is 92.5 Å². The Labute approximate surface area is 98.4 Å². The summed E-state index contributed by atoms with van der Waals surface area (Å²) >= 11 is 0. The second-order valence-electron chi connectivity index (χ2n) is 3.92. The largest absolute Gasteiger partial charge is 0.480 e. The number of carboxylic acids is 1. The molecular weight excluding hydrogens is 224 g/mol. The fourth-order valence-corrected chi connectivity index (χ4v) is 1.28. The lowest BCUT2D eigenvalue weighted by atomic mass is 9.99. The van der Waals surface area contributed by atoms with Crippen LogP contribution in [-0.2, 0) is 4.79 Å². The standard InChI is InChI=1S/C11H14N2O4/c1-3-11(2,10(14)15)12-8-4-6-9(7-5-8)13(16)17/h4-7,12H,3H2,1-2H3,(H,14,15). The highest BCUT2D eigenvalue weighted by Gasteiger charge is 2.30. The van der Waals surface area contributed by atoms with Gasteiger partial charge in [-0.25, -0.2) is 4.79 Å². The Morgan fingerprint density at radius 2 is 2.00 bits per heavy atom. The second-order valence-corrected chi connectivity index (χ2v) is 3.92. The van der Waals surface area contributed by atoms with Crippen LogP contribution in [0.4, 0.5) is 11.4 Å². The lowest BCUT2D eigenvalue weighted by Gasteiger charge is -2.25. The molecule has 1 unspecified atom stereocenters. The first kappa shape index (κ1) is 13.0. The van der Waals surface area contributed by atoms with E-state index in [4.69, 9.17) is 5.11 Å². The van der Waals surface area contributed by atoms with Crippen LogP contribution in [0.25, 0.3) is 0 Å². The van der Waals surface area contributed by atoms with Crippen molar-refractivity contribution in [2.45, 2.75) is 25.8 Å². The van der Waals surface area contributed by atoms with Crippen molar-refractivity contribution in [2.24, 2.45) is 0 Å². The SMILES string of the molecule is CCC(C)(Nc1ccc([N+](=O)[O-])cc1)C(=O)O. The zero-order valence-electron chi connectivity index (χ0n) is 9.64. The van der Waals surface area contributed by atoms with Gasteiger partial charge in [0.1, 0.15) is 5.54 Å². The van der Waals surface area contributed by atoms with E-state index in [9.17, 15) is 14.9 Å². The molecule has 0 radical (unpaired) electrons. The summed E-state index contributed by atoms with van der Waals surface area (Å²) in [5.74, 6) is -0.960. The normalized spacial score (nSPS) is 13.8. The van der Waals surface area contributed by atoms with Crippen molar-refractivity contribution in [3.8, 4) is 0 Å². The van der Waals surface area contributed by atoms with E-state index in [1.54, 1.807) is 13.8 Å². The Morgan fingerprint density at radius 1 is 1.47 bits per heavy atom. The van der Waals surface area contributed by atoms with Gasteiger partial charge in [-0.2, -0.15) is 0 Å². The fourth-order valence-electron chi connectivity index (χ4n) is 1.28. The number of carbonyl (C=O) groups is 1. The quantitative estimate of drug-likeness (QED) is 0.606. The number of non-ortho nitro benzene ring substituents is 1. The molecule has 1 atom stereocenters. The van der Waals surface area contributed by atoms with Gasteiger partial charge >= 0.3 is 5.97 Å². The Morgan fingerprint density at radius 3 is 2.35 bits per heavy atom. The molecule has 0 heterocycles. The summed E-state index contributed by atoms with van der Waals surface area (Å²) in [4.78, 5) is 21.0. The fraction of sp³-hybridized carbons (Fsp3) is 0.364. The molecule has 0 aliphatic carbocycles. The van der Waals surface area contributed by atoms with Crippen LogP contribution >= 0.6 is 0 Å². The van der Waals surface area contributed by atoms with Gasteiger partial charge in [0.25, 0.3) is 5.69 Å². The van der Waals surface area contributed by atoms with Crippen LogP contribution in [0.1, 0.15) is 20.3 Å². The number of nitrogens with zero attached hydrogens (tertiary/aromatic N) is 1. The van der Waals surface area contributed by atoms with E-state index >= 15 is 0 Å². The van der Waals surface area contributed by atoms with Crippen LogP contribution in [0.3, 0.4) is 0 Å². The van der Waals surface area contributed by atoms with E-state index in [0.717, 1.165) is 0 Å². The summed E-state index contributed by atoms with van der Waals surface area (Å²) in [6.45, 7) is 3.32. The number of rotatable bonds is 5. The smallest absolute Gasteiger partial charge is 0.329 e. The molecule has 0 saturated heterocycles. The van der Waals surface area contributed by atoms with Crippen molar-refractivity contribution >= 4 is 17.3 Å². The van der Waals surface area contributed by atoms with Gasteiger partial charge in [-0.15, -0.1) is 0 Å². The molecule has 0 aromatic heterocycles. The van der Waals surface area contributed by atoms with Crippen molar-refractivity contribution < 1.29 is 14.8 Å². The summed E-state index contributed by atoms with van der Waals surface area (Å²) < 4.78 is 0. The van der Waals surface area contributed by atoms with E-state index in [0.29, 0.717) is 12.1 Å². The molecule has 0 spiro atoms. The van der Waals surface area contributed by atoms with Gasteiger partial charge in [0.15, 0.2) is 0 Å². The molecule has 0 bridgehead atoms. The molecule has 0 saturated carbocycles. The molecule has 1 aromatic carbocycles. The molecule has 0 fully saturated rings. The van der Waals surface area contributed by atoms with Gasteiger partial charge in [-0.1, -0.05) is 6.92 Å². The highest BCUT2D eigenvalue weighted by atomic mass is 16.6. The molecule has 6 heteroatoms. The summed E-state index contributed by atoms with van der Waals surface area (Å²) in [6, 6.07) is 5.66. The van der Waals surface area contributed by atoms with Crippen LogP contribution in [0, 0.1) is 10.1 Å². The van der Waals surface area contributed by atoms with Crippen LogP contribution < -0.4 is 5.32 Å². The molecule has 92 valence electrons. The maximum absolute atomic E-state index is 11.1. The first-order chi connectivity index (χ1) is 7.89. The van der Waals surface area contributed by atoms with Gasteiger partial charge < -0.3 is 10.4 Å². The van der Waals surface area contributed by atoms with Crippen molar-refractivity contribution in [1.29, 1.82) is 0 Å². The third kappa shape index (κ3) is 2.93. The summed E-state index contributed by atoms with van der Waals surface area (Å²) in [5.41, 5.74) is -0.553. The van der Waals surface area contributed by atoms with Crippen LogP contribution in [-0.4, -0.2) is 21.5 Å². The third-order valence-electron chi connectivity index (χ3n) is 2.68. The van der Waals surface area contributed by atoms with E-state index in [-0.39, 0.29) is 5.69 Å². The van der Waals surface area contributed by atoms with Crippen molar-refractivity contribution in [3.63, 3.8) is 0 Å². The minimum atomic E-state index is -1.07. The number of carboxylic acid groups (broad SMARTS) is 1. The lowest BCUT2D eigenvalue weighted by Crippen LogP contribution is -2.42. The summed E-state index contributed by atoms with van der Waals surface area (Å²) in [7, 11) is 0. The number of nitro benzene ring substituents is 1. The number of hydrogen-bond acceptors (Lipinski definition) is 4. The monoisotopic (exact) mass is 238 g/mol. The predicted molar refractivity (Wildman–Crippen MR) is 63.1 cm³/mol. The maximum atomic E-state index is 11.1. The molecule has 2 N–H and O–H groups in total. The molecule has 6 nitrogen and oxygen atoms in total. The highest BCUT2D eigenvalue weighted by molar-refractivity contribution is 5.82. The molecule has 0 amide bonds. The van der Waals surface area contributed by atoms with Gasteiger partial charge in [0, 0.05) is 17.8 Å². The average Bonchev–Trinajstić information content (AvgIpc) is 2.29. The van der Waals surface area contributed by atoms with Crippen LogP contribution in [0.2, 0.25) is 0 Å². The van der Waals surface area contributed by atoms with Crippen molar-refractivity contribution in [1.82, 2.24) is 0 Å². The van der Waals surface area contributed by atoms with Gasteiger partial charge in [0.2, 0.25) is 0 Å². The molecule has 0 aliphatic heterocycles. The molecular formula is C11H14N2O4. The van der Waals surface area contributed by atoms with Crippen LogP contribution in [0.15, 0.2) is 24.3 Å². The van der Waals surface area contributed by atoms with Crippen molar-refractivity contribution in [3.05, 3.63) is 34.4 Å². The first-order valence-electron chi connectivity index (χ1n) is 5.15. The number of hydrogen-bond donors (Lipinski definition) is 2. The predicted octanol–water partition coefficient (Wildman–Crippen LogP) is 2.26. The zero-order chi connectivity index (χ0) is 13.1. The first-order valence-corrected chi connectivity index (χ1v) is 5.15. The third-order valence-corrected chi connectivity index (χ3v) is 2.68. The molecule has 1 rings (SSSR count). The number of anilines is 1. The second kappa shape index (κ2) is 4.82. The Kier molecular flexibility index (Phi) is 3.67. The highest BCUT2D eigenvalue weighted by Crippen LogP contribution is 2.21. The van der Waals surface area contributed by atoms with Crippen molar-refractivity contribution in [2.75, 3.05) is 5.32 Å². The number of nitro groups is 1.